The van der Waals surface area contributed by atoms with E-state index in [0.717, 1.165) is 18.6 Å². The molecule has 0 bridgehead atoms. The van der Waals surface area contributed by atoms with Gasteiger partial charge in [0, 0.05) is 13.1 Å². The summed E-state index contributed by atoms with van der Waals surface area (Å²) in [6.07, 6.45) is -2.46. The van der Waals surface area contributed by atoms with Crippen molar-refractivity contribution in [3.05, 3.63) is 29.3 Å². The van der Waals surface area contributed by atoms with Gasteiger partial charge < -0.3 is 5.73 Å². The number of sulfonamides is 1. The van der Waals surface area contributed by atoms with Gasteiger partial charge in [0.25, 0.3) is 0 Å². The maximum absolute atomic E-state index is 12.8. The van der Waals surface area contributed by atoms with Crippen molar-refractivity contribution in [2.75, 3.05) is 19.6 Å². The third kappa shape index (κ3) is 3.88. The van der Waals surface area contributed by atoms with Gasteiger partial charge in [-0.1, -0.05) is 0 Å². The molecule has 1 aromatic carbocycles. The molecule has 0 spiro atoms. The molecule has 1 heterocycles. The first kappa shape index (κ1) is 18.7. The zero-order valence-corrected chi connectivity index (χ0v) is 13.7. The van der Waals surface area contributed by atoms with Crippen molar-refractivity contribution in [2.45, 2.75) is 30.3 Å². The van der Waals surface area contributed by atoms with Gasteiger partial charge in [0.2, 0.25) is 10.0 Å². The maximum atomic E-state index is 12.8. The predicted molar refractivity (Wildman–Crippen MR) is 81.3 cm³/mol. The highest BCUT2D eigenvalue weighted by atomic mass is 32.2. The molecule has 132 valence electrons. The van der Waals surface area contributed by atoms with Gasteiger partial charge in [-0.3, -0.25) is 0 Å². The van der Waals surface area contributed by atoms with Crippen molar-refractivity contribution >= 4 is 10.0 Å². The maximum Gasteiger partial charge on any atom is 0.417 e. The first-order chi connectivity index (χ1) is 11.2. The predicted octanol–water partition coefficient (Wildman–Crippen LogP) is 2.33. The van der Waals surface area contributed by atoms with E-state index in [9.17, 15) is 21.6 Å². The summed E-state index contributed by atoms with van der Waals surface area (Å²) in [5.41, 5.74) is 3.68. The number of nitrogens with two attached hydrogens (primary N) is 1. The normalized spacial score (nSPS) is 19.9. The van der Waals surface area contributed by atoms with E-state index in [1.807, 2.05) is 0 Å². The van der Waals surface area contributed by atoms with E-state index in [2.05, 4.69) is 0 Å². The summed E-state index contributed by atoms with van der Waals surface area (Å²) in [4.78, 5) is -0.291. The Labute approximate surface area is 138 Å². The van der Waals surface area contributed by atoms with Gasteiger partial charge in [-0.05, 0) is 49.9 Å². The molecule has 24 heavy (non-hydrogen) atoms. The lowest BCUT2D eigenvalue weighted by Gasteiger charge is -2.31. The molecule has 1 saturated heterocycles. The van der Waals surface area contributed by atoms with Crippen molar-refractivity contribution in [1.82, 2.24) is 4.31 Å². The zero-order chi connectivity index (χ0) is 18.0. The van der Waals surface area contributed by atoms with Crippen LogP contribution in [0.4, 0.5) is 13.2 Å². The topological polar surface area (TPSA) is 87.2 Å². The molecule has 2 rings (SSSR count). The second kappa shape index (κ2) is 7.09. The van der Waals surface area contributed by atoms with Crippen molar-refractivity contribution in [1.29, 1.82) is 5.26 Å². The van der Waals surface area contributed by atoms with Crippen molar-refractivity contribution < 1.29 is 21.6 Å². The minimum atomic E-state index is -4.70. The molecule has 5 nitrogen and oxygen atoms in total. The van der Waals surface area contributed by atoms with Gasteiger partial charge in [-0.25, -0.2) is 8.42 Å². The Hall–Kier alpha value is -1.63. The fourth-order valence-electron chi connectivity index (χ4n) is 2.89. The van der Waals surface area contributed by atoms with Crippen LogP contribution in [-0.4, -0.2) is 32.4 Å². The number of piperidine rings is 1. The number of alkyl halides is 3. The summed E-state index contributed by atoms with van der Waals surface area (Å²) in [6.45, 7) is 1.06. The third-order valence-corrected chi connectivity index (χ3v) is 5.97. The standard InChI is InChI=1S/C15H18F3N3O2S/c16-15(17,18)14-4-3-13(8-12(14)9-20)24(22,23)21-7-1-2-11(10-21)5-6-19/h3-4,8,11H,1-2,5-7,10,19H2. The second-order valence-electron chi connectivity index (χ2n) is 5.77. The van der Waals surface area contributed by atoms with Crippen LogP contribution >= 0.6 is 0 Å². The van der Waals surface area contributed by atoms with Crippen LogP contribution in [0.3, 0.4) is 0 Å². The van der Waals surface area contributed by atoms with Crippen LogP contribution in [0.15, 0.2) is 23.1 Å². The van der Waals surface area contributed by atoms with Crippen molar-refractivity contribution in [2.24, 2.45) is 11.7 Å². The number of rotatable bonds is 4. The Kier molecular flexibility index (Phi) is 5.52. The van der Waals surface area contributed by atoms with Crippen LogP contribution in [0, 0.1) is 17.2 Å². The third-order valence-electron chi connectivity index (χ3n) is 4.11. The quantitative estimate of drug-likeness (QED) is 0.892. The monoisotopic (exact) mass is 361 g/mol. The summed E-state index contributed by atoms with van der Waals surface area (Å²) in [5.74, 6) is 0.142. The van der Waals surface area contributed by atoms with Crippen molar-refractivity contribution in [3.8, 4) is 6.07 Å². The SMILES string of the molecule is N#Cc1cc(S(=O)(=O)N2CCCC(CCN)C2)ccc1C(F)(F)F. The largest absolute Gasteiger partial charge is 0.417 e. The fraction of sp³-hybridized carbons (Fsp3) is 0.533. The summed E-state index contributed by atoms with van der Waals surface area (Å²) >= 11 is 0. The molecule has 1 aliphatic heterocycles. The molecule has 0 aromatic heterocycles. The van der Waals surface area contributed by atoms with Crippen LogP contribution in [0.1, 0.15) is 30.4 Å². The van der Waals surface area contributed by atoms with Gasteiger partial charge >= 0.3 is 6.18 Å². The molecule has 1 fully saturated rings. The minimum absolute atomic E-state index is 0.142. The van der Waals surface area contributed by atoms with E-state index in [4.69, 9.17) is 11.0 Å². The summed E-state index contributed by atoms with van der Waals surface area (Å²) in [7, 11) is -3.93. The van der Waals surface area contributed by atoms with Crippen LogP contribution < -0.4 is 5.73 Å². The average molecular weight is 361 g/mol. The van der Waals surface area contributed by atoms with E-state index in [1.165, 1.54) is 10.4 Å². The van der Waals surface area contributed by atoms with Gasteiger partial charge in [-0.2, -0.15) is 22.7 Å². The van der Waals surface area contributed by atoms with E-state index in [0.29, 0.717) is 38.5 Å². The molecule has 0 aliphatic carbocycles. The van der Waals surface area contributed by atoms with Crippen LogP contribution in [0.5, 0.6) is 0 Å². The van der Waals surface area contributed by atoms with Crippen LogP contribution in [-0.2, 0) is 16.2 Å². The minimum Gasteiger partial charge on any atom is -0.330 e. The lowest BCUT2D eigenvalue weighted by molar-refractivity contribution is -0.137. The number of hydrogen-bond acceptors (Lipinski definition) is 4. The lowest BCUT2D eigenvalue weighted by Crippen LogP contribution is -2.40. The Balaban J connectivity index is 2.35. The van der Waals surface area contributed by atoms with E-state index >= 15 is 0 Å². The molecule has 0 amide bonds. The summed E-state index contributed by atoms with van der Waals surface area (Å²) in [6, 6.07) is 3.78. The number of hydrogen-bond donors (Lipinski definition) is 1. The van der Waals surface area contributed by atoms with Crippen LogP contribution in [0.25, 0.3) is 0 Å². The number of benzene rings is 1. The number of halogens is 3. The molecule has 1 unspecified atom stereocenters. The second-order valence-corrected chi connectivity index (χ2v) is 7.70. The Morgan fingerprint density at radius 1 is 1.38 bits per heavy atom. The summed E-state index contributed by atoms with van der Waals surface area (Å²) < 4.78 is 65.1. The first-order valence-corrected chi connectivity index (χ1v) is 8.95. The van der Waals surface area contributed by atoms with Crippen molar-refractivity contribution in [3.63, 3.8) is 0 Å². The summed E-state index contributed by atoms with van der Waals surface area (Å²) in [5, 5.41) is 8.92. The number of nitrogens with zero attached hydrogens (tertiary/aromatic N) is 2. The highest BCUT2D eigenvalue weighted by Gasteiger charge is 2.35. The fourth-order valence-corrected chi connectivity index (χ4v) is 4.47. The molecule has 1 aliphatic rings. The zero-order valence-electron chi connectivity index (χ0n) is 12.9. The van der Waals surface area contributed by atoms with Gasteiger partial charge in [-0.15, -0.1) is 0 Å². The molecular formula is C15H18F3N3O2S. The Morgan fingerprint density at radius 3 is 2.67 bits per heavy atom. The average Bonchev–Trinajstić information content (AvgIpc) is 2.54. The van der Waals surface area contributed by atoms with Gasteiger partial charge in [0.15, 0.2) is 0 Å². The Bertz CT molecular complexity index is 739. The lowest BCUT2D eigenvalue weighted by atomic mass is 9.96. The van der Waals surface area contributed by atoms with E-state index < -0.39 is 27.3 Å². The Morgan fingerprint density at radius 2 is 2.08 bits per heavy atom. The highest BCUT2D eigenvalue weighted by molar-refractivity contribution is 7.89. The molecule has 2 N–H and O–H groups in total. The molecule has 1 aromatic rings. The molecule has 1 atom stereocenters. The number of nitriles is 1. The van der Waals surface area contributed by atoms with Crippen LogP contribution in [0.2, 0.25) is 0 Å². The molecular weight excluding hydrogens is 343 g/mol. The first-order valence-electron chi connectivity index (χ1n) is 7.51. The molecule has 0 saturated carbocycles. The molecule has 9 heteroatoms. The van der Waals surface area contributed by atoms with Gasteiger partial charge in [0.1, 0.15) is 0 Å². The highest BCUT2D eigenvalue weighted by Crippen LogP contribution is 2.34. The van der Waals surface area contributed by atoms with Gasteiger partial charge in [0.05, 0.1) is 22.1 Å². The van der Waals surface area contributed by atoms with E-state index in [1.54, 1.807) is 0 Å². The van der Waals surface area contributed by atoms with E-state index in [-0.39, 0.29) is 10.8 Å². The smallest absolute Gasteiger partial charge is 0.330 e. The molecule has 0 radical (unpaired) electrons.